The Balaban J connectivity index is 2.78. The fourth-order valence-electron chi connectivity index (χ4n) is 1.61. The SMILES string of the molecule is CNc1ncc(CN)c2ccccc12. The molecule has 0 aliphatic heterocycles. The molecule has 2 aromatic rings. The molecule has 0 aliphatic carbocycles. The van der Waals surface area contributed by atoms with Crippen LogP contribution in [-0.2, 0) is 6.54 Å². The Morgan fingerprint density at radius 1 is 1.29 bits per heavy atom. The van der Waals surface area contributed by atoms with Crippen molar-refractivity contribution in [3.8, 4) is 0 Å². The van der Waals surface area contributed by atoms with Gasteiger partial charge < -0.3 is 11.1 Å². The van der Waals surface area contributed by atoms with Gasteiger partial charge in [-0.2, -0.15) is 0 Å². The highest BCUT2D eigenvalue weighted by atomic mass is 15.0. The second-order valence-corrected chi connectivity index (χ2v) is 3.13. The van der Waals surface area contributed by atoms with E-state index in [0.29, 0.717) is 6.54 Å². The standard InChI is InChI=1S/C11H13N3/c1-13-11-10-5-3-2-4-9(10)8(6-12)7-14-11/h2-5,7H,6,12H2,1H3,(H,13,14). The highest BCUT2D eigenvalue weighted by Crippen LogP contribution is 2.23. The Morgan fingerprint density at radius 3 is 2.64 bits per heavy atom. The summed E-state index contributed by atoms with van der Waals surface area (Å²) in [5.74, 6) is 0.901. The zero-order valence-corrected chi connectivity index (χ0v) is 8.12. The zero-order valence-electron chi connectivity index (χ0n) is 8.12. The van der Waals surface area contributed by atoms with Crippen LogP contribution in [0.5, 0.6) is 0 Å². The molecule has 0 spiro atoms. The van der Waals surface area contributed by atoms with Gasteiger partial charge in [0, 0.05) is 25.2 Å². The van der Waals surface area contributed by atoms with E-state index in [9.17, 15) is 0 Å². The summed E-state index contributed by atoms with van der Waals surface area (Å²) in [6, 6.07) is 8.14. The van der Waals surface area contributed by atoms with Gasteiger partial charge >= 0.3 is 0 Å². The van der Waals surface area contributed by atoms with E-state index in [2.05, 4.69) is 16.4 Å². The van der Waals surface area contributed by atoms with Gasteiger partial charge in [-0.25, -0.2) is 4.98 Å². The summed E-state index contributed by atoms with van der Waals surface area (Å²) in [6.45, 7) is 0.525. The van der Waals surface area contributed by atoms with Crippen molar-refractivity contribution in [3.05, 3.63) is 36.0 Å². The summed E-state index contributed by atoms with van der Waals surface area (Å²) >= 11 is 0. The maximum absolute atomic E-state index is 5.65. The topological polar surface area (TPSA) is 50.9 Å². The molecular weight excluding hydrogens is 174 g/mol. The van der Waals surface area contributed by atoms with Crippen LogP contribution in [0, 0.1) is 0 Å². The second-order valence-electron chi connectivity index (χ2n) is 3.13. The number of aromatic nitrogens is 1. The molecule has 0 atom stereocenters. The van der Waals surface area contributed by atoms with Crippen molar-refractivity contribution in [3.63, 3.8) is 0 Å². The molecule has 0 unspecified atom stereocenters. The first kappa shape index (κ1) is 8.97. The summed E-state index contributed by atoms with van der Waals surface area (Å²) in [7, 11) is 1.87. The maximum atomic E-state index is 5.65. The quantitative estimate of drug-likeness (QED) is 0.752. The van der Waals surface area contributed by atoms with Crippen molar-refractivity contribution in [1.29, 1.82) is 0 Å². The van der Waals surface area contributed by atoms with Gasteiger partial charge in [-0.1, -0.05) is 24.3 Å². The Bertz CT molecular complexity index is 409. The Labute approximate surface area is 83.0 Å². The number of pyridine rings is 1. The molecule has 3 nitrogen and oxygen atoms in total. The van der Waals surface area contributed by atoms with Crippen LogP contribution in [0.25, 0.3) is 10.8 Å². The minimum absolute atomic E-state index is 0.525. The molecule has 0 aliphatic rings. The number of nitrogens with zero attached hydrogens (tertiary/aromatic N) is 1. The van der Waals surface area contributed by atoms with Gasteiger partial charge in [0.2, 0.25) is 0 Å². The lowest BCUT2D eigenvalue weighted by atomic mass is 10.1. The van der Waals surface area contributed by atoms with E-state index in [-0.39, 0.29) is 0 Å². The van der Waals surface area contributed by atoms with Crippen LogP contribution >= 0.6 is 0 Å². The molecule has 3 heteroatoms. The first-order valence-electron chi connectivity index (χ1n) is 4.61. The van der Waals surface area contributed by atoms with E-state index >= 15 is 0 Å². The average molecular weight is 187 g/mol. The molecule has 0 radical (unpaired) electrons. The number of hydrogen-bond acceptors (Lipinski definition) is 3. The molecule has 1 heterocycles. The maximum Gasteiger partial charge on any atom is 0.133 e. The van der Waals surface area contributed by atoms with Crippen LogP contribution in [0.2, 0.25) is 0 Å². The van der Waals surface area contributed by atoms with Gasteiger partial charge in [-0.3, -0.25) is 0 Å². The van der Waals surface area contributed by atoms with Crippen molar-refractivity contribution in [2.24, 2.45) is 5.73 Å². The van der Waals surface area contributed by atoms with Crippen molar-refractivity contribution < 1.29 is 0 Å². The lowest BCUT2D eigenvalue weighted by Crippen LogP contribution is -2.01. The third-order valence-electron chi connectivity index (χ3n) is 2.33. The number of benzene rings is 1. The van der Waals surface area contributed by atoms with Crippen molar-refractivity contribution in [1.82, 2.24) is 4.98 Å². The van der Waals surface area contributed by atoms with Gasteiger partial charge in [0.25, 0.3) is 0 Å². The minimum atomic E-state index is 0.525. The lowest BCUT2D eigenvalue weighted by Gasteiger charge is -2.07. The molecule has 0 bridgehead atoms. The average Bonchev–Trinajstić information content (AvgIpc) is 2.27. The van der Waals surface area contributed by atoms with E-state index in [1.807, 2.05) is 31.4 Å². The van der Waals surface area contributed by atoms with Crippen molar-refractivity contribution in [2.75, 3.05) is 12.4 Å². The predicted octanol–water partition coefficient (Wildman–Crippen LogP) is 1.74. The van der Waals surface area contributed by atoms with E-state index in [0.717, 1.165) is 16.8 Å². The van der Waals surface area contributed by atoms with Crippen molar-refractivity contribution in [2.45, 2.75) is 6.54 Å². The number of fused-ring (bicyclic) bond motifs is 1. The third kappa shape index (κ3) is 1.32. The molecule has 1 aromatic carbocycles. The molecular formula is C11H13N3. The molecule has 0 fully saturated rings. The van der Waals surface area contributed by atoms with E-state index in [1.54, 1.807) is 0 Å². The monoisotopic (exact) mass is 187 g/mol. The lowest BCUT2D eigenvalue weighted by molar-refractivity contribution is 1.07. The number of anilines is 1. The van der Waals surface area contributed by atoms with Crippen LogP contribution in [0.1, 0.15) is 5.56 Å². The molecule has 72 valence electrons. The zero-order chi connectivity index (χ0) is 9.97. The number of hydrogen-bond donors (Lipinski definition) is 2. The molecule has 0 saturated carbocycles. The molecule has 2 rings (SSSR count). The molecule has 1 aromatic heterocycles. The van der Waals surface area contributed by atoms with Gasteiger partial charge in [0.05, 0.1) is 0 Å². The van der Waals surface area contributed by atoms with Gasteiger partial charge in [0.1, 0.15) is 5.82 Å². The van der Waals surface area contributed by atoms with Crippen molar-refractivity contribution >= 4 is 16.6 Å². The summed E-state index contributed by atoms with van der Waals surface area (Å²) < 4.78 is 0. The van der Waals surface area contributed by atoms with Gasteiger partial charge in [-0.15, -0.1) is 0 Å². The van der Waals surface area contributed by atoms with Crippen LogP contribution in [0.4, 0.5) is 5.82 Å². The van der Waals surface area contributed by atoms with E-state index in [1.165, 1.54) is 5.39 Å². The van der Waals surface area contributed by atoms with E-state index < -0.39 is 0 Å². The number of rotatable bonds is 2. The fraction of sp³-hybridized carbons (Fsp3) is 0.182. The number of nitrogens with two attached hydrogens (primary N) is 1. The van der Waals surface area contributed by atoms with Gasteiger partial charge in [0.15, 0.2) is 0 Å². The van der Waals surface area contributed by atoms with E-state index in [4.69, 9.17) is 5.73 Å². The highest BCUT2D eigenvalue weighted by molar-refractivity contribution is 5.93. The normalized spacial score (nSPS) is 10.4. The Hall–Kier alpha value is -1.61. The summed E-state index contributed by atoms with van der Waals surface area (Å²) in [5, 5.41) is 5.37. The molecule has 0 saturated heterocycles. The van der Waals surface area contributed by atoms with Crippen LogP contribution < -0.4 is 11.1 Å². The molecule has 14 heavy (non-hydrogen) atoms. The smallest absolute Gasteiger partial charge is 0.133 e. The third-order valence-corrected chi connectivity index (χ3v) is 2.33. The number of nitrogens with one attached hydrogen (secondary N) is 1. The summed E-state index contributed by atoms with van der Waals surface area (Å²) in [5.41, 5.74) is 6.73. The molecule has 3 N–H and O–H groups in total. The summed E-state index contributed by atoms with van der Waals surface area (Å²) in [6.07, 6.45) is 1.83. The van der Waals surface area contributed by atoms with Crippen LogP contribution in [0.15, 0.2) is 30.5 Å². The minimum Gasteiger partial charge on any atom is -0.373 e. The second kappa shape index (κ2) is 3.64. The highest BCUT2D eigenvalue weighted by Gasteiger charge is 2.03. The van der Waals surface area contributed by atoms with Crippen LogP contribution in [0.3, 0.4) is 0 Å². The fourth-order valence-corrected chi connectivity index (χ4v) is 1.61. The molecule has 0 amide bonds. The first-order valence-corrected chi connectivity index (χ1v) is 4.61. The van der Waals surface area contributed by atoms with Gasteiger partial charge in [-0.05, 0) is 10.9 Å². The van der Waals surface area contributed by atoms with Crippen LogP contribution in [-0.4, -0.2) is 12.0 Å². The Kier molecular flexibility index (Phi) is 2.33. The predicted molar refractivity (Wildman–Crippen MR) is 59.2 cm³/mol. The summed E-state index contributed by atoms with van der Waals surface area (Å²) in [4.78, 5) is 4.31. The first-order chi connectivity index (χ1) is 6.86. The Morgan fingerprint density at radius 2 is 2.00 bits per heavy atom. The largest absolute Gasteiger partial charge is 0.373 e.